The number of rotatable bonds is 6. The maximum atomic E-state index is 14.0. The highest BCUT2D eigenvalue weighted by molar-refractivity contribution is 5.31. The summed E-state index contributed by atoms with van der Waals surface area (Å²) in [5.74, 6) is 0.560. The number of nitrogens with zero attached hydrogens (tertiary/aromatic N) is 1. The number of benzene rings is 1. The fraction of sp³-hybridized carbons (Fsp3) is 0.400. The van der Waals surface area contributed by atoms with E-state index in [2.05, 4.69) is 10.5 Å². The van der Waals surface area contributed by atoms with Crippen LogP contribution in [-0.4, -0.2) is 11.7 Å². The molecule has 108 valence electrons. The second-order valence-electron chi connectivity index (χ2n) is 4.69. The van der Waals surface area contributed by atoms with Crippen LogP contribution in [0, 0.1) is 12.7 Å². The van der Waals surface area contributed by atoms with Crippen molar-refractivity contribution >= 4 is 0 Å². The number of hydrogen-bond acceptors (Lipinski definition) is 4. The minimum atomic E-state index is -0.368. The lowest BCUT2D eigenvalue weighted by Gasteiger charge is -2.14. The van der Waals surface area contributed by atoms with Gasteiger partial charge in [0.15, 0.2) is 11.6 Å². The quantitative estimate of drug-likeness (QED) is 0.880. The molecule has 0 bridgehead atoms. The van der Waals surface area contributed by atoms with Crippen molar-refractivity contribution in [2.24, 2.45) is 0 Å². The normalized spacial score (nSPS) is 12.4. The summed E-state index contributed by atoms with van der Waals surface area (Å²) in [6, 6.07) is 6.88. The van der Waals surface area contributed by atoms with Gasteiger partial charge in [-0.2, -0.15) is 0 Å². The lowest BCUT2D eigenvalue weighted by Crippen LogP contribution is -2.17. The highest BCUT2D eigenvalue weighted by atomic mass is 19.1. The van der Waals surface area contributed by atoms with E-state index in [-0.39, 0.29) is 24.2 Å². The van der Waals surface area contributed by atoms with Crippen molar-refractivity contribution in [3.05, 3.63) is 47.1 Å². The summed E-state index contributed by atoms with van der Waals surface area (Å²) in [6.45, 7) is 6.85. The average molecular weight is 278 g/mol. The summed E-state index contributed by atoms with van der Waals surface area (Å²) >= 11 is 0. The number of hydrogen-bond donors (Lipinski definition) is 1. The van der Waals surface area contributed by atoms with Crippen molar-refractivity contribution in [1.29, 1.82) is 0 Å². The molecule has 0 saturated heterocycles. The number of halogens is 1. The van der Waals surface area contributed by atoms with Crippen molar-refractivity contribution in [3.8, 4) is 5.75 Å². The maximum absolute atomic E-state index is 14.0. The smallest absolute Gasteiger partial charge is 0.165 e. The van der Waals surface area contributed by atoms with E-state index in [9.17, 15) is 4.39 Å². The van der Waals surface area contributed by atoms with Crippen LogP contribution in [0.4, 0.5) is 4.39 Å². The Hall–Kier alpha value is -1.88. The predicted molar refractivity (Wildman–Crippen MR) is 74.1 cm³/mol. The van der Waals surface area contributed by atoms with Gasteiger partial charge in [0.25, 0.3) is 0 Å². The molecule has 0 saturated carbocycles. The van der Waals surface area contributed by atoms with Gasteiger partial charge in [0.1, 0.15) is 18.1 Å². The Bertz CT molecular complexity index is 569. The molecule has 1 aromatic heterocycles. The molecule has 1 aromatic carbocycles. The van der Waals surface area contributed by atoms with Crippen molar-refractivity contribution in [2.45, 2.75) is 33.4 Å². The Morgan fingerprint density at radius 1 is 1.40 bits per heavy atom. The molecule has 1 heterocycles. The molecule has 0 aliphatic rings. The van der Waals surface area contributed by atoms with Gasteiger partial charge in [-0.3, -0.25) is 0 Å². The Morgan fingerprint density at radius 2 is 2.20 bits per heavy atom. The van der Waals surface area contributed by atoms with Crippen molar-refractivity contribution < 1.29 is 13.7 Å². The summed E-state index contributed by atoms with van der Waals surface area (Å²) in [6.07, 6.45) is 0. The van der Waals surface area contributed by atoms with Crippen LogP contribution in [0.5, 0.6) is 5.75 Å². The first-order valence-corrected chi connectivity index (χ1v) is 6.68. The molecule has 5 heteroatoms. The number of nitrogens with one attached hydrogen (secondary N) is 1. The third-order valence-electron chi connectivity index (χ3n) is 3.02. The SMILES string of the molecule is CCNC(C)c1ccc(OCc2cc(C)on2)c(F)c1. The summed E-state index contributed by atoms with van der Waals surface area (Å²) in [4.78, 5) is 0. The van der Waals surface area contributed by atoms with Crippen LogP contribution in [0.3, 0.4) is 0 Å². The van der Waals surface area contributed by atoms with E-state index in [4.69, 9.17) is 9.26 Å². The Morgan fingerprint density at radius 3 is 2.80 bits per heavy atom. The van der Waals surface area contributed by atoms with Gasteiger partial charge in [-0.1, -0.05) is 18.1 Å². The minimum absolute atomic E-state index is 0.113. The van der Waals surface area contributed by atoms with Crippen molar-refractivity contribution in [2.75, 3.05) is 6.54 Å². The van der Waals surface area contributed by atoms with Gasteiger partial charge < -0.3 is 14.6 Å². The molecule has 2 rings (SSSR count). The first kappa shape index (κ1) is 14.5. The second kappa shape index (κ2) is 6.52. The highest BCUT2D eigenvalue weighted by Crippen LogP contribution is 2.22. The van der Waals surface area contributed by atoms with E-state index in [1.807, 2.05) is 19.9 Å². The van der Waals surface area contributed by atoms with Gasteiger partial charge in [0, 0.05) is 12.1 Å². The second-order valence-corrected chi connectivity index (χ2v) is 4.69. The van der Waals surface area contributed by atoms with Crippen LogP contribution in [0.15, 0.2) is 28.8 Å². The molecule has 0 fully saturated rings. The predicted octanol–water partition coefficient (Wildman–Crippen LogP) is 3.37. The van der Waals surface area contributed by atoms with Crippen LogP contribution in [-0.2, 0) is 6.61 Å². The lowest BCUT2D eigenvalue weighted by molar-refractivity contribution is 0.275. The summed E-state index contributed by atoms with van der Waals surface area (Å²) < 4.78 is 24.3. The van der Waals surface area contributed by atoms with Crippen LogP contribution in [0.25, 0.3) is 0 Å². The zero-order chi connectivity index (χ0) is 14.5. The zero-order valence-electron chi connectivity index (χ0n) is 11.9. The van der Waals surface area contributed by atoms with Crippen LogP contribution in [0.1, 0.15) is 36.9 Å². The molecule has 0 radical (unpaired) electrons. The van der Waals surface area contributed by atoms with Gasteiger partial charge in [-0.05, 0) is 38.1 Å². The van der Waals surface area contributed by atoms with Crippen molar-refractivity contribution in [1.82, 2.24) is 10.5 Å². The zero-order valence-corrected chi connectivity index (χ0v) is 11.9. The first-order valence-electron chi connectivity index (χ1n) is 6.68. The molecular weight excluding hydrogens is 259 g/mol. The molecular formula is C15H19FN2O2. The Kier molecular flexibility index (Phi) is 4.74. The third-order valence-corrected chi connectivity index (χ3v) is 3.02. The molecule has 0 aliphatic carbocycles. The van der Waals surface area contributed by atoms with E-state index >= 15 is 0 Å². The maximum Gasteiger partial charge on any atom is 0.165 e. The molecule has 2 aromatic rings. The minimum Gasteiger partial charge on any atom is -0.484 e. The average Bonchev–Trinajstić information content (AvgIpc) is 2.83. The van der Waals surface area contributed by atoms with Gasteiger partial charge in [-0.15, -0.1) is 0 Å². The molecule has 0 aliphatic heterocycles. The van der Waals surface area contributed by atoms with E-state index in [0.29, 0.717) is 11.5 Å². The van der Waals surface area contributed by atoms with E-state index in [1.165, 1.54) is 6.07 Å². The van der Waals surface area contributed by atoms with Gasteiger partial charge in [-0.25, -0.2) is 4.39 Å². The Labute approximate surface area is 117 Å². The molecule has 1 atom stereocenters. The van der Waals surface area contributed by atoms with E-state index < -0.39 is 0 Å². The summed E-state index contributed by atoms with van der Waals surface area (Å²) in [5, 5.41) is 7.04. The van der Waals surface area contributed by atoms with Gasteiger partial charge >= 0.3 is 0 Å². The lowest BCUT2D eigenvalue weighted by atomic mass is 10.1. The molecule has 1 unspecified atom stereocenters. The van der Waals surface area contributed by atoms with E-state index in [1.54, 1.807) is 19.1 Å². The number of aromatic nitrogens is 1. The molecule has 1 N–H and O–H groups in total. The Balaban J connectivity index is 2.02. The molecule has 4 nitrogen and oxygen atoms in total. The topological polar surface area (TPSA) is 47.3 Å². The fourth-order valence-electron chi connectivity index (χ4n) is 1.97. The van der Waals surface area contributed by atoms with Crippen LogP contribution >= 0.6 is 0 Å². The van der Waals surface area contributed by atoms with Crippen molar-refractivity contribution in [3.63, 3.8) is 0 Å². The van der Waals surface area contributed by atoms with Crippen LogP contribution < -0.4 is 10.1 Å². The van der Waals surface area contributed by atoms with Crippen LogP contribution in [0.2, 0.25) is 0 Å². The number of aryl methyl sites for hydroxylation is 1. The summed E-state index contributed by atoms with van der Waals surface area (Å²) in [7, 11) is 0. The standard InChI is InChI=1S/C15H19FN2O2/c1-4-17-11(3)12-5-6-15(14(16)8-12)19-9-13-7-10(2)20-18-13/h5-8,11,17H,4,9H2,1-3H3. The monoisotopic (exact) mass is 278 g/mol. The first-order chi connectivity index (χ1) is 9.60. The van der Waals surface area contributed by atoms with Gasteiger partial charge in [0.05, 0.1) is 0 Å². The molecule has 0 amide bonds. The fourth-order valence-corrected chi connectivity index (χ4v) is 1.97. The van der Waals surface area contributed by atoms with Gasteiger partial charge in [0.2, 0.25) is 0 Å². The molecule has 0 spiro atoms. The molecule has 20 heavy (non-hydrogen) atoms. The summed E-state index contributed by atoms with van der Waals surface area (Å²) in [5.41, 5.74) is 1.54. The van der Waals surface area contributed by atoms with E-state index in [0.717, 1.165) is 12.1 Å². The number of ether oxygens (including phenoxy) is 1. The third kappa shape index (κ3) is 3.57. The largest absolute Gasteiger partial charge is 0.484 e. The highest BCUT2D eigenvalue weighted by Gasteiger charge is 2.10.